The predicted octanol–water partition coefficient (Wildman–Crippen LogP) is 1.95. The number of ether oxygens (including phenoxy) is 1. The van der Waals surface area contributed by atoms with E-state index in [2.05, 4.69) is 22.9 Å². The van der Waals surface area contributed by atoms with Gasteiger partial charge in [0.2, 0.25) is 0 Å². The third-order valence-electron chi connectivity index (χ3n) is 1.42. The fraction of sp³-hybridized carbons (Fsp3) is 1.00. The number of alkyl halides is 1. The van der Waals surface area contributed by atoms with Gasteiger partial charge in [-0.05, 0) is 6.42 Å². The molecule has 0 bridgehead atoms. The molecule has 1 rings (SSSR count). The number of halogens is 1. The molecule has 0 N–H and O–H groups in total. The van der Waals surface area contributed by atoms with Gasteiger partial charge in [0.1, 0.15) is 0 Å². The van der Waals surface area contributed by atoms with Crippen molar-refractivity contribution in [2.45, 2.75) is 24.1 Å². The Kier molecular flexibility index (Phi) is 1.93. The van der Waals surface area contributed by atoms with Crippen LogP contribution in [-0.2, 0) is 4.74 Å². The van der Waals surface area contributed by atoms with E-state index in [9.17, 15) is 0 Å². The highest BCUT2D eigenvalue weighted by molar-refractivity contribution is 9.10. The Labute approximate surface area is 58.5 Å². The molecule has 0 saturated carbocycles. The van der Waals surface area contributed by atoms with Gasteiger partial charge >= 0.3 is 0 Å². The average molecular weight is 179 g/mol. The quantitative estimate of drug-likeness (QED) is 0.588. The van der Waals surface area contributed by atoms with Crippen LogP contribution in [0.15, 0.2) is 0 Å². The lowest BCUT2D eigenvalue weighted by molar-refractivity contribution is -0.00863. The zero-order valence-electron chi connectivity index (χ0n) is 5.11. The van der Waals surface area contributed by atoms with Crippen molar-refractivity contribution < 1.29 is 4.74 Å². The first kappa shape index (κ1) is 6.56. The van der Waals surface area contributed by atoms with Gasteiger partial charge in [-0.1, -0.05) is 29.3 Å². The van der Waals surface area contributed by atoms with Gasteiger partial charge in [-0.2, -0.15) is 0 Å². The van der Waals surface area contributed by atoms with Gasteiger partial charge in [-0.15, -0.1) is 0 Å². The molecule has 0 aromatic heterocycles. The molecule has 0 aromatic rings. The summed E-state index contributed by atoms with van der Waals surface area (Å²) >= 11 is 3.60. The van der Waals surface area contributed by atoms with E-state index in [4.69, 9.17) is 4.74 Å². The standard InChI is InChI=1S/C6H11BrO/c1-2-3-6(7)4-8-5-6/h2-5H2,1H3. The summed E-state index contributed by atoms with van der Waals surface area (Å²) in [7, 11) is 0. The van der Waals surface area contributed by atoms with E-state index in [0.717, 1.165) is 13.2 Å². The summed E-state index contributed by atoms with van der Waals surface area (Å²) < 4.78 is 5.41. The van der Waals surface area contributed by atoms with Crippen LogP contribution in [0.4, 0.5) is 0 Å². The van der Waals surface area contributed by atoms with Gasteiger partial charge in [0.15, 0.2) is 0 Å². The van der Waals surface area contributed by atoms with Crippen molar-refractivity contribution in [3.05, 3.63) is 0 Å². The molecule has 0 amide bonds. The maximum absolute atomic E-state index is 5.04. The van der Waals surface area contributed by atoms with E-state index < -0.39 is 0 Å². The van der Waals surface area contributed by atoms with E-state index in [1.807, 2.05) is 0 Å². The molecule has 1 saturated heterocycles. The molecule has 0 unspecified atom stereocenters. The molecule has 0 spiro atoms. The third-order valence-corrected chi connectivity index (χ3v) is 2.27. The highest BCUT2D eigenvalue weighted by Crippen LogP contribution is 2.31. The summed E-state index contributed by atoms with van der Waals surface area (Å²) in [5.41, 5.74) is 0. The van der Waals surface area contributed by atoms with Crippen LogP contribution in [0, 0.1) is 0 Å². The molecule has 1 fully saturated rings. The van der Waals surface area contributed by atoms with Crippen LogP contribution in [0.25, 0.3) is 0 Å². The normalized spacial score (nSPS) is 24.8. The van der Waals surface area contributed by atoms with Gasteiger partial charge in [0.05, 0.1) is 17.5 Å². The molecule has 48 valence electrons. The molecule has 1 heterocycles. The van der Waals surface area contributed by atoms with E-state index in [1.54, 1.807) is 0 Å². The summed E-state index contributed by atoms with van der Waals surface area (Å²) in [5, 5.41) is 0. The first-order valence-corrected chi connectivity index (χ1v) is 3.83. The lowest BCUT2D eigenvalue weighted by atomic mass is 10.0. The van der Waals surface area contributed by atoms with Gasteiger partial charge < -0.3 is 4.74 Å². The predicted molar refractivity (Wildman–Crippen MR) is 37.4 cm³/mol. The molecule has 1 nitrogen and oxygen atoms in total. The van der Waals surface area contributed by atoms with E-state index >= 15 is 0 Å². The first-order chi connectivity index (χ1) is 3.77. The molecule has 2 heteroatoms. The van der Waals surface area contributed by atoms with Crippen LogP contribution in [0.5, 0.6) is 0 Å². The Morgan fingerprint density at radius 3 is 2.38 bits per heavy atom. The second-order valence-electron chi connectivity index (χ2n) is 2.39. The minimum absolute atomic E-state index is 0.363. The third kappa shape index (κ3) is 1.23. The van der Waals surface area contributed by atoms with Crippen LogP contribution in [0.3, 0.4) is 0 Å². The minimum Gasteiger partial charge on any atom is -0.378 e. The van der Waals surface area contributed by atoms with Gasteiger partial charge in [0, 0.05) is 0 Å². The molecule has 0 aliphatic carbocycles. The molecule has 1 aliphatic heterocycles. The van der Waals surface area contributed by atoms with Crippen LogP contribution < -0.4 is 0 Å². The lowest BCUT2D eigenvalue weighted by Gasteiger charge is -2.35. The van der Waals surface area contributed by atoms with Crippen LogP contribution >= 0.6 is 15.9 Å². The first-order valence-electron chi connectivity index (χ1n) is 3.03. The maximum atomic E-state index is 5.04. The van der Waals surface area contributed by atoms with Crippen molar-refractivity contribution in [1.82, 2.24) is 0 Å². The molecule has 0 atom stereocenters. The van der Waals surface area contributed by atoms with Crippen molar-refractivity contribution in [3.63, 3.8) is 0 Å². The Hall–Kier alpha value is 0.440. The number of hydrogen-bond acceptors (Lipinski definition) is 1. The fourth-order valence-corrected chi connectivity index (χ4v) is 1.64. The van der Waals surface area contributed by atoms with Crippen molar-refractivity contribution in [3.8, 4) is 0 Å². The summed E-state index contributed by atoms with van der Waals surface area (Å²) in [6.07, 6.45) is 2.49. The average Bonchev–Trinajstić information content (AvgIpc) is 1.64. The molecular formula is C6H11BrO. The maximum Gasteiger partial charge on any atom is 0.0723 e. The molecule has 0 aromatic carbocycles. The van der Waals surface area contributed by atoms with Crippen LogP contribution in [0.2, 0.25) is 0 Å². The smallest absolute Gasteiger partial charge is 0.0723 e. The SMILES string of the molecule is CCCC1(Br)COC1. The Balaban J connectivity index is 2.20. The minimum atomic E-state index is 0.363. The summed E-state index contributed by atoms with van der Waals surface area (Å²) in [6.45, 7) is 4.00. The van der Waals surface area contributed by atoms with Crippen molar-refractivity contribution >= 4 is 15.9 Å². The van der Waals surface area contributed by atoms with Gasteiger partial charge in [0.25, 0.3) is 0 Å². The van der Waals surface area contributed by atoms with Crippen molar-refractivity contribution in [2.75, 3.05) is 13.2 Å². The van der Waals surface area contributed by atoms with E-state index in [1.165, 1.54) is 12.8 Å². The zero-order valence-corrected chi connectivity index (χ0v) is 6.70. The Morgan fingerprint density at radius 1 is 1.62 bits per heavy atom. The number of hydrogen-bond donors (Lipinski definition) is 0. The lowest BCUT2D eigenvalue weighted by Crippen LogP contribution is -2.43. The summed E-state index contributed by atoms with van der Waals surface area (Å²) in [5.74, 6) is 0. The Bertz CT molecular complexity index is 78.6. The fourth-order valence-electron chi connectivity index (χ4n) is 0.916. The Morgan fingerprint density at radius 2 is 2.25 bits per heavy atom. The topological polar surface area (TPSA) is 9.23 Å². The van der Waals surface area contributed by atoms with E-state index in [-0.39, 0.29) is 0 Å². The number of rotatable bonds is 2. The summed E-state index contributed by atoms with van der Waals surface area (Å²) in [4.78, 5) is 0. The van der Waals surface area contributed by atoms with Crippen LogP contribution in [-0.4, -0.2) is 17.5 Å². The van der Waals surface area contributed by atoms with Gasteiger partial charge in [-0.3, -0.25) is 0 Å². The highest BCUT2D eigenvalue weighted by Gasteiger charge is 2.34. The molecule has 1 aliphatic rings. The molecule has 8 heavy (non-hydrogen) atoms. The van der Waals surface area contributed by atoms with Gasteiger partial charge in [-0.25, -0.2) is 0 Å². The summed E-state index contributed by atoms with van der Waals surface area (Å²) in [6, 6.07) is 0. The van der Waals surface area contributed by atoms with Crippen LogP contribution in [0.1, 0.15) is 19.8 Å². The van der Waals surface area contributed by atoms with Crippen molar-refractivity contribution in [1.29, 1.82) is 0 Å². The second-order valence-corrected chi connectivity index (χ2v) is 4.08. The largest absolute Gasteiger partial charge is 0.378 e. The highest BCUT2D eigenvalue weighted by atomic mass is 79.9. The van der Waals surface area contributed by atoms with Crippen molar-refractivity contribution in [2.24, 2.45) is 0 Å². The molecular weight excluding hydrogens is 168 g/mol. The monoisotopic (exact) mass is 178 g/mol. The van der Waals surface area contributed by atoms with E-state index in [0.29, 0.717) is 4.32 Å². The second kappa shape index (κ2) is 2.36. The molecule has 0 radical (unpaired) electrons. The zero-order chi connectivity index (χ0) is 6.04.